The molecule has 0 bridgehead atoms. The number of methoxy groups -OCH3 is 2. The van der Waals surface area contributed by atoms with Gasteiger partial charge >= 0.3 is 6.03 Å². The molecule has 0 aromatic heterocycles. The van der Waals surface area contributed by atoms with Gasteiger partial charge in [0, 0.05) is 29.3 Å². The van der Waals surface area contributed by atoms with Crippen LogP contribution in [0.1, 0.15) is 57.1 Å². The molecule has 190 valence electrons. The lowest BCUT2D eigenvalue weighted by atomic mass is 9.65. The van der Waals surface area contributed by atoms with Gasteiger partial charge < -0.3 is 14.8 Å². The molecule has 2 N–H and O–H groups in total. The summed E-state index contributed by atoms with van der Waals surface area (Å²) >= 11 is 1.50. The first-order valence-electron chi connectivity index (χ1n) is 12.7. The minimum absolute atomic E-state index is 0.0362. The lowest BCUT2D eigenvalue weighted by Crippen LogP contribution is -2.53. The first kappa shape index (κ1) is 25.7. The van der Waals surface area contributed by atoms with Gasteiger partial charge in [-0.3, -0.25) is 9.62 Å². The topological polar surface area (TPSA) is 62.8 Å². The van der Waals surface area contributed by atoms with Crippen LogP contribution in [0.3, 0.4) is 0 Å². The van der Waals surface area contributed by atoms with E-state index >= 15 is 0 Å². The second kappa shape index (κ2) is 11.6. The van der Waals surface area contributed by atoms with Gasteiger partial charge in [0.05, 0.1) is 14.2 Å². The second-order valence-corrected chi connectivity index (χ2v) is 11.1. The SMILES string of the molecule is CCC(C)SNC(=O)NC1CCC2(c3ccc(OC)c(OC)c3)CCN(Cc3ccccc3)C2C1. The van der Waals surface area contributed by atoms with Gasteiger partial charge in [-0.1, -0.05) is 50.2 Å². The van der Waals surface area contributed by atoms with Gasteiger partial charge in [0.25, 0.3) is 0 Å². The van der Waals surface area contributed by atoms with E-state index in [1.54, 1.807) is 14.2 Å². The summed E-state index contributed by atoms with van der Waals surface area (Å²) < 4.78 is 14.1. The molecule has 6 nitrogen and oxygen atoms in total. The van der Waals surface area contributed by atoms with Crippen LogP contribution in [0.4, 0.5) is 4.79 Å². The van der Waals surface area contributed by atoms with Crippen molar-refractivity contribution in [2.45, 2.75) is 75.2 Å². The van der Waals surface area contributed by atoms with Gasteiger partial charge in [0.15, 0.2) is 11.5 Å². The van der Waals surface area contributed by atoms with E-state index in [0.717, 1.165) is 56.7 Å². The van der Waals surface area contributed by atoms with Crippen LogP contribution < -0.4 is 19.5 Å². The number of hydrogen-bond acceptors (Lipinski definition) is 5. The first-order valence-corrected chi connectivity index (χ1v) is 13.6. The highest BCUT2D eigenvalue weighted by atomic mass is 32.2. The van der Waals surface area contributed by atoms with E-state index in [-0.39, 0.29) is 17.5 Å². The molecule has 1 saturated heterocycles. The average Bonchev–Trinajstić information content (AvgIpc) is 3.26. The predicted molar refractivity (Wildman–Crippen MR) is 143 cm³/mol. The minimum atomic E-state index is -0.0773. The number of amides is 2. The zero-order valence-electron chi connectivity index (χ0n) is 21.4. The number of likely N-dealkylation sites (tertiary alicyclic amines) is 1. The molecule has 4 atom stereocenters. The summed E-state index contributed by atoms with van der Waals surface area (Å²) in [7, 11) is 3.38. The van der Waals surface area contributed by atoms with Crippen LogP contribution in [-0.4, -0.2) is 49.0 Å². The monoisotopic (exact) mass is 497 g/mol. The Bertz CT molecular complexity index is 989. The number of ether oxygens (including phenoxy) is 2. The van der Waals surface area contributed by atoms with Crippen molar-refractivity contribution in [2.24, 2.45) is 0 Å². The van der Waals surface area contributed by atoms with Crippen LogP contribution in [0.2, 0.25) is 0 Å². The van der Waals surface area contributed by atoms with Crippen molar-refractivity contribution in [1.82, 2.24) is 14.9 Å². The molecule has 2 aromatic rings. The third kappa shape index (κ3) is 5.72. The molecule has 1 aliphatic carbocycles. The van der Waals surface area contributed by atoms with E-state index in [4.69, 9.17) is 9.47 Å². The number of hydrogen-bond donors (Lipinski definition) is 2. The summed E-state index contributed by atoms with van der Waals surface area (Å²) in [5, 5.41) is 3.67. The Morgan fingerprint density at radius 3 is 2.63 bits per heavy atom. The molecule has 1 aliphatic heterocycles. The standard InChI is InChI=1S/C28H39N3O3S/c1-5-20(2)35-30-27(32)29-23-13-14-28(22-11-12-24(33-3)25(17-22)34-4)15-16-31(26(28)18-23)19-21-9-7-6-8-10-21/h6-12,17,20,23,26H,5,13-16,18-19H2,1-4H3,(H2,29,30,32). The molecule has 2 amide bonds. The highest BCUT2D eigenvalue weighted by molar-refractivity contribution is 7.98. The molecule has 2 fully saturated rings. The maximum atomic E-state index is 12.6. The maximum absolute atomic E-state index is 12.6. The summed E-state index contributed by atoms with van der Waals surface area (Å²) in [6, 6.07) is 17.5. The molecular formula is C28H39N3O3S. The molecule has 7 heteroatoms. The average molecular weight is 498 g/mol. The predicted octanol–water partition coefficient (Wildman–Crippen LogP) is 5.51. The lowest BCUT2D eigenvalue weighted by molar-refractivity contribution is 0.130. The minimum Gasteiger partial charge on any atom is -0.493 e. The fourth-order valence-corrected chi connectivity index (χ4v) is 6.25. The second-order valence-electron chi connectivity index (χ2n) is 9.83. The Morgan fingerprint density at radius 1 is 1.14 bits per heavy atom. The highest BCUT2D eigenvalue weighted by Gasteiger charge is 2.51. The molecule has 4 unspecified atom stereocenters. The largest absolute Gasteiger partial charge is 0.493 e. The van der Waals surface area contributed by atoms with Crippen LogP contribution >= 0.6 is 11.9 Å². The van der Waals surface area contributed by atoms with Gasteiger partial charge in [-0.15, -0.1) is 0 Å². The van der Waals surface area contributed by atoms with E-state index in [0.29, 0.717) is 11.3 Å². The zero-order chi connectivity index (χ0) is 24.8. The van der Waals surface area contributed by atoms with Crippen LogP contribution in [0.5, 0.6) is 11.5 Å². The van der Waals surface area contributed by atoms with Crippen molar-refractivity contribution in [2.75, 3.05) is 20.8 Å². The number of nitrogens with zero attached hydrogens (tertiary/aromatic N) is 1. The summed E-state index contributed by atoms with van der Waals surface area (Å²) in [5.41, 5.74) is 2.67. The Hall–Kier alpha value is -2.38. The van der Waals surface area contributed by atoms with Crippen LogP contribution in [-0.2, 0) is 12.0 Å². The number of carbonyl (C=O) groups is 1. The molecule has 1 saturated carbocycles. The Kier molecular flexibility index (Phi) is 8.50. The summed E-state index contributed by atoms with van der Waals surface area (Å²) in [6.07, 6.45) is 5.05. The molecule has 1 heterocycles. The van der Waals surface area contributed by atoms with E-state index in [2.05, 4.69) is 71.3 Å². The molecule has 0 radical (unpaired) electrons. The maximum Gasteiger partial charge on any atom is 0.324 e. The van der Waals surface area contributed by atoms with Crippen molar-refractivity contribution in [3.05, 3.63) is 59.7 Å². The number of fused-ring (bicyclic) bond motifs is 1. The van der Waals surface area contributed by atoms with E-state index in [1.807, 2.05) is 6.07 Å². The number of rotatable bonds is 9. The lowest BCUT2D eigenvalue weighted by Gasteiger charge is -2.45. The molecule has 4 rings (SSSR count). The quantitative estimate of drug-likeness (QED) is 0.447. The van der Waals surface area contributed by atoms with Crippen molar-refractivity contribution in [3.8, 4) is 11.5 Å². The Balaban J connectivity index is 1.56. The van der Waals surface area contributed by atoms with Crippen LogP contribution in [0, 0.1) is 0 Å². The van der Waals surface area contributed by atoms with E-state index in [9.17, 15) is 4.79 Å². The van der Waals surface area contributed by atoms with E-state index in [1.165, 1.54) is 23.1 Å². The van der Waals surface area contributed by atoms with Crippen molar-refractivity contribution in [1.29, 1.82) is 0 Å². The first-order chi connectivity index (χ1) is 17.0. The third-order valence-electron chi connectivity index (χ3n) is 7.82. The normalized spacial score (nSPS) is 24.9. The highest BCUT2D eigenvalue weighted by Crippen LogP contribution is 2.50. The smallest absolute Gasteiger partial charge is 0.324 e. The number of nitrogens with one attached hydrogen (secondary N) is 2. The van der Waals surface area contributed by atoms with Crippen molar-refractivity contribution >= 4 is 18.0 Å². The van der Waals surface area contributed by atoms with Crippen molar-refractivity contribution in [3.63, 3.8) is 0 Å². The summed E-state index contributed by atoms with van der Waals surface area (Å²) in [4.78, 5) is 15.2. The van der Waals surface area contributed by atoms with Gasteiger partial charge in [0.1, 0.15) is 0 Å². The fraction of sp³-hybridized carbons (Fsp3) is 0.536. The number of carbonyl (C=O) groups excluding carboxylic acids is 1. The van der Waals surface area contributed by atoms with Crippen LogP contribution in [0.25, 0.3) is 0 Å². The Morgan fingerprint density at radius 2 is 1.91 bits per heavy atom. The van der Waals surface area contributed by atoms with Gasteiger partial charge in [-0.2, -0.15) is 0 Å². The third-order valence-corrected chi connectivity index (χ3v) is 8.86. The zero-order valence-corrected chi connectivity index (χ0v) is 22.2. The fourth-order valence-electron chi connectivity index (χ4n) is 5.72. The molecular weight excluding hydrogens is 458 g/mol. The summed E-state index contributed by atoms with van der Waals surface area (Å²) in [5.74, 6) is 1.54. The van der Waals surface area contributed by atoms with Gasteiger partial charge in [0.2, 0.25) is 0 Å². The van der Waals surface area contributed by atoms with Crippen molar-refractivity contribution < 1.29 is 14.3 Å². The van der Waals surface area contributed by atoms with Gasteiger partial charge in [-0.25, -0.2) is 4.79 Å². The molecule has 2 aliphatic rings. The molecule has 0 spiro atoms. The van der Waals surface area contributed by atoms with Gasteiger partial charge in [-0.05, 0) is 73.9 Å². The molecule has 2 aromatic carbocycles. The Labute approximate surface area is 214 Å². The van der Waals surface area contributed by atoms with E-state index < -0.39 is 0 Å². The van der Waals surface area contributed by atoms with Crippen LogP contribution in [0.15, 0.2) is 48.5 Å². The molecule has 35 heavy (non-hydrogen) atoms. The number of benzene rings is 2. The number of urea groups is 1. The summed E-state index contributed by atoms with van der Waals surface area (Å²) in [6.45, 7) is 6.22.